The van der Waals surface area contributed by atoms with Gasteiger partial charge >= 0.3 is 5.76 Å². The molecule has 0 fully saturated rings. The number of hydrogen-bond acceptors (Lipinski definition) is 3. The maximum absolute atomic E-state index is 13.1. The molecule has 3 rings (SSSR count). The zero-order valence-electron chi connectivity index (χ0n) is 12.1. The smallest absolute Gasteiger partial charge is 0.408 e. The van der Waals surface area contributed by atoms with Crippen molar-refractivity contribution < 1.29 is 18.0 Å². The molecular weight excluding hydrogens is 306 g/mol. The molecule has 0 saturated heterocycles. The number of carbonyl (C=O) groups is 1. The van der Waals surface area contributed by atoms with E-state index in [0.29, 0.717) is 16.7 Å². The Balaban J connectivity index is 1.76. The number of fused-ring (bicyclic) bond motifs is 1. The van der Waals surface area contributed by atoms with Crippen molar-refractivity contribution in [1.82, 2.24) is 9.88 Å². The highest BCUT2D eigenvalue weighted by molar-refractivity contribution is 5.94. The van der Waals surface area contributed by atoms with Crippen LogP contribution in [0, 0.1) is 11.6 Å². The summed E-state index contributed by atoms with van der Waals surface area (Å²) in [7, 11) is 1.60. The number of rotatable bonds is 3. The van der Waals surface area contributed by atoms with Crippen LogP contribution in [0.25, 0.3) is 11.1 Å². The van der Waals surface area contributed by atoms with E-state index in [2.05, 4.69) is 5.32 Å². The van der Waals surface area contributed by atoms with Crippen molar-refractivity contribution >= 4 is 17.0 Å². The van der Waals surface area contributed by atoms with Crippen molar-refractivity contribution in [1.29, 1.82) is 0 Å². The van der Waals surface area contributed by atoms with Crippen molar-refractivity contribution in [2.75, 3.05) is 0 Å². The Labute approximate surface area is 129 Å². The Morgan fingerprint density at radius 3 is 2.70 bits per heavy atom. The Morgan fingerprint density at radius 1 is 1.17 bits per heavy atom. The van der Waals surface area contributed by atoms with Crippen LogP contribution in [-0.2, 0) is 13.6 Å². The fourth-order valence-electron chi connectivity index (χ4n) is 2.21. The van der Waals surface area contributed by atoms with Gasteiger partial charge in [-0.1, -0.05) is 6.07 Å². The number of amides is 1. The lowest BCUT2D eigenvalue weighted by Crippen LogP contribution is -2.23. The third-order valence-electron chi connectivity index (χ3n) is 3.49. The third kappa shape index (κ3) is 2.85. The summed E-state index contributed by atoms with van der Waals surface area (Å²) < 4.78 is 32.4. The molecule has 7 heteroatoms. The van der Waals surface area contributed by atoms with Gasteiger partial charge < -0.3 is 9.73 Å². The van der Waals surface area contributed by atoms with Crippen molar-refractivity contribution in [2.45, 2.75) is 6.54 Å². The number of carbonyl (C=O) groups excluding carboxylic acids is 1. The van der Waals surface area contributed by atoms with Crippen molar-refractivity contribution in [3.05, 3.63) is 69.7 Å². The molecule has 1 aromatic heterocycles. The molecule has 0 aliphatic rings. The molecule has 0 aliphatic heterocycles. The lowest BCUT2D eigenvalue weighted by Gasteiger charge is -2.06. The van der Waals surface area contributed by atoms with Gasteiger partial charge in [-0.2, -0.15) is 0 Å². The molecule has 118 valence electrons. The largest absolute Gasteiger partial charge is 0.419 e. The van der Waals surface area contributed by atoms with Gasteiger partial charge in [0.25, 0.3) is 5.91 Å². The zero-order valence-corrected chi connectivity index (χ0v) is 12.1. The van der Waals surface area contributed by atoms with E-state index in [0.717, 1.165) is 12.1 Å². The summed E-state index contributed by atoms with van der Waals surface area (Å²) >= 11 is 0. The van der Waals surface area contributed by atoms with Crippen LogP contribution in [0.5, 0.6) is 0 Å². The van der Waals surface area contributed by atoms with Crippen molar-refractivity contribution in [3.63, 3.8) is 0 Å². The molecule has 0 unspecified atom stereocenters. The molecule has 0 radical (unpaired) electrons. The van der Waals surface area contributed by atoms with Crippen LogP contribution in [0.4, 0.5) is 8.78 Å². The number of aromatic nitrogens is 1. The molecular formula is C16H12F2N2O3. The first-order chi connectivity index (χ1) is 11.0. The molecule has 0 spiro atoms. The maximum atomic E-state index is 13.1. The number of aryl methyl sites for hydroxylation is 1. The molecule has 0 bridgehead atoms. The highest BCUT2D eigenvalue weighted by Crippen LogP contribution is 2.14. The Morgan fingerprint density at radius 2 is 1.96 bits per heavy atom. The average Bonchev–Trinajstić information content (AvgIpc) is 2.82. The minimum atomic E-state index is -1.08. The van der Waals surface area contributed by atoms with Gasteiger partial charge in [0.05, 0.1) is 5.52 Å². The molecule has 3 aromatic rings. The van der Waals surface area contributed by atoms with Gasteiger partial charge in [0, 0.05) is 19.2 Å². The molecule has 2 aromatic carbocycles. The van der Waals surface area contributed by atoms with E-state index < -0.39 is 23.3 Å². The van der Waals surface area contributed by atoms with Gasteiger partial charge in [-0.15, -0.1) is 0 Å². The summed E-state index contributed by atoms with van der Waals surface area (Å²) in [6, 6.07) is 8.02. The summed E-state index contributed by atoms with van der Waals surface area (Å²) in [4.78, 5) is 23.3. The highest BCUT2D eigenvalue weighted by atomic mass is 19.2. The maximum Gasteiger partial charge on any atom is 0.419 e. The van der Waals surface area contributed by atoms with E-state index in [4.69, 9.17) is 4.42 Å². The molecule has 0 saturated carbocycles. The first-order valence-electron chi connectivity index (χ1n) is 6.77. The van der Waals surface area contributed by atoms with Gasteiger partial charge in [0.2, 0.25) is 0 Å². The minimum absolute atomic E-state index is 0.0243. The third-order valence-corrected chi connectivity index (χ3v) is 3.49. The van der Waals surface area contributed by atoms with Crippen LogP contribution in [0.15, 0.2) is 45.6 Å². The number of nitrogens with zero attached hydrogens (tertiary/aromatic N) is 1. The van der Waals surface area contributed by atoms with Crippen LogP contribution in [0.3, 0.4) is 0 Å². The monoisotopic (exact) mass is 318 g/mol. The predicted octanol–water partition coefficient (Wildman–Crippen LogP) is 2.34. The number of hydrogen-bond donors (Lipinski definition) is 1. The fourth-order valence-corrected chi connectivity index (χ4v) is 2.21. The van der Waals surface area contributed by atoms with E-state index in [1.807, 2.05) is 0 Å². The summed E-state index contributed by atoms with van der Waals surface area (Å²) in [6.07, 6.45) is 0. The molecule has 5 nitrogen and oxygen atoms in total. The van der Waals surface area contributed by atoms with E-state index in [9.17, 15) is 18.4 Å². The second-order valence-electron chi connectivity index (χ2n) is 5.04. The normalized spacial score (nSPS) is 10.9. The van der Waals surface area contributed by atoms with Gasteiger partial charge in [-0.3, -0.25) is 9.36 Å². The second kappa shape index (κ2) is 5.68. The summed E-state index contributed by atoms with van der Waals surface area (Å²) in [5, 5.41) is 2.59. The standard InChI is InChI=1S/C16H12F2N2O3/c1-20-13-5-2-9(6-14(13)23-16(20)22)8-19-15(21)10-3-4-11(17)12(18)7-10/h2-7H,8H2,1H3,(H,19,21). The van der Waals surface area contributed by atoms with Crippen molar-refractivity contribution in [2.24, 2.45) is 7.05 Å². The van der Waals surface area contributed by atoms with E-state index >= 15 is 0 Å². The lowest BCUT2D eigenvalue weighted by atomic mass is 10.1. The highest BCUT2D eigenvalue weighted by Gasteiger charge is 2.10. The lowest BCUT2D eigenvalue weighted by molar-refractivity contribution is 0.0950. The van der Waals surface area contributed by atoms with Gasteiger partial charge in [-0.25, -0.2) is 13.6 Å². The first kappa shape index (κ1) is 15.0. The van der Waals surface area contributed by atoms with Crippen LogP contribution < -0.4 is 11.1 Å². The van der Waals surface area contributed by atoms with E-state index in [-0.39, 0.29) is 12.1 Å². The quantitative estimate of drug-likeness (QED) is 0.806. The van der Waals surface area contributed by atoms with Crippen LogP contribution >= 0.6 is 0 Å². The average molecular weight is 318 g/mol. The van der Waals surface area contributed by atoms with Gasteiger partial charge in [0.15, 0.2) is 17.2 Å². The number of nitrogens with one attached hydrogen (secondary N) is 1. The van der Waals surface area contributed by atoms with Crippen molar-refractivity contribution in [3.8, 4) is 0 Å². The minimum Gasteiger partial charge on any atom is -0.408 e. The van der Waals surface area contributed by atoms with E-state index in [1.54, 1.807) is 25.2 Å². The predicted molar refractivity (Wildman–Crippen MR) is 79.0 cm³/mol. The zero-order chi connectivity index (χ0) is 16.6. The van der Waals surface area contributed by atoms with Crippen LogP contribution in [0.1, 0.15) is 15.9 Å². The molecule has 0 aliphatic carbocycles. The van der Waals surface area contributed by atoms with Gasteiger partial charge in [-0.05, 0) is 35.9 Å². The topological polar surface area (TPSA) is 64.2 Å². The SMILES string of the molecule is Cn1c(=O)oc2cc(CNC(=O)c3ccc(F)c(F)c3)ccc21. The van der Waals surface area contributed by atoms with E-state index in [1.165, 1.54) is 10.6 Å². The number of oxazole rings is 1. The fraction of sp³-hybridized carbons (Fsp3) is 0.125. The number of halogens is 2. The Kier molecular flexibility index (Phi) is 3.69. The molecule has 1 amide bonds. The van der Waals surface area contributed by atoms with Crippen LogP contribution in [-0.4, -0.2) is 10.5 Å². The summed E-state index contributed by atoms with van der Waals surface area (Å²) in [5.41, 5.74) is 1.79. The molecule has 1 heterocycles. The molecule has 23 heavy (non-hydrogen) atoms. The summed E-state index contributed by atoms with van der Waals surface area (Å²) in [5.74, 6) is -3.09. The molecule has 0 atom stereocenters. The molecule has 1 N–H and O–H groups in total. The number of benzene rings is 2. The van der Waals surface area contributed by atoms with Gasteiger partial charge in [0.1, 0.15) is 0 Å². The second-order valence-corrected chi connectivity index (χ2v) is 5.04. The Hall–Kier alpha value is -2.96. The summed E-state index contributed by atoms with van der Waals surface area (Å²) in [6.45, 7) is 0.159. The van der Waals surface area contributed by atoms with Crippen LogP contribution in [0.2, 0.25) is 0 Å². The first-order valence-corrected chi connectivity index (χ1v) is 6.77. The Bertz CT molecular complexity index is 960.